The number of rotatable bonds is 6. The lowest BCUT2D eigenvalue weighted by atomic mass is 10.0. The van der Waals surface area contributed by atoms with Gasteiger partial charge in [0.1, 0.15) is 5.82 Å². The first-order valence-electron chi connectivity index (χ1n) is 11.7. The van der Waals surface area contributed by atoms with Gasteiger partial charge in [-0.25, -0.2) is 14.4 Å². The Labute approximate surface area is 205 Å². The molecule has 0 spiro atoms. The fourth-order valence-electron chi connectivity index (χ4n) is 4.25. The van der Waals surface area contributed by atoms with Gasteiger partial charge in [-0.15, -0.1) is 0 Å². The van der Waals surface area contributed by atoms with Gasteiger partial charge in [-0.3, -0.25) is 4.79 Å². The zero-order valence-electron chi connectivity index (χ0n) is 19.3. The van der Waals surface area contributed by atoms with Crippen LogP contribution in [0.4, 0.5) is 23.5 Å². The van der Waals surface area contributed by atoms with Crippen molar-refractivity contribution in [2.24, 2.45) is 0 Å². The summed E-state index contributed by atoms with van der Waals surface area (Å²) in [6.45, 7) is 2.13. The van der Waals surface area contributed by atoms with Crippen molar-refractivity contribution >= 4 is 11.9 Å². The van der Waals surface area contributed by atoms with Crippen LogP contribution in [-0.2, 0) is 17.5 Å². The first-order chi connectivity index (χ1) is 17.3. The van der Waals surface area contributed by atoms with E-state index >= 15 is 0 Å². The Balaban J connectivity index is 1.52. The monoisotopic (exact) mass is 500 g/mol. The molecule has 2 heterocycles. The molecule has 2 aromatic carbocycles. The SMILES string of the molecule is O=C(c1cnc(N2CCOCC2)nc1-c1ccccc1F)N(Cc1cccc(C(F)(F)F)c1)C1CC1. The summed E-state index contributed by atoms with van der Waals surface area (Å²) in [5, 5.41) is 0. The topological polar surface area (TPSA) is 58.6 Å². The molecule has 0 bridgehead atoms. The zero-order valence-corrected chi connectivity index (χ0v) is 19.3. The summed E-state index contributed by atoms with van der Waals surface area (Å²) in [5.74, 6) is -0.611. The highest BCUT2D eigenvalue weighted by Gasteiger charge is 2.36. The largest absolute Gasteiger partial charge is 0.416 e. The summed E-state index contributed by atoms with van der Waals surface area (Å²) < 4.78 is 59.9. The molecule has 3 aromatic rings. The molecule has 6 nitrogen and oxygen atoms in total. The summed E-state index contributed by atoms with van der Waals surface area (Å²) in [6, 6.07) is 10.9. The van der Waals surface area contributed by atoms with E-state index in [0.717, 1.165) is 25.0 Å². The second kappa shape index (κ2) is 9.85. The quantitative estimate of drug-likeness (QED) is 0.449. The second-order valence-corrected chi connectivity index (χ2v) is 8.87. The number of nitrogens with zero attached hydrogens (tertiary/aromatic N) is 4. The van der Waals surface area contributed by atoms with Crippen LogP contribution < -0.4 is 4.90 Å². The van der Waals surface area contributed by atoms with E-state index < -0.39 is 23.5 Å². The number of ether oxygens (including phenoxy) is 1. The lowest BCUT2D eigenvalue weighted by molar-refractivity contribution is -0.137. The third-order valence-corrected chi connectivity index (χ3v) is 6.29. The number of halogens is 4. The van der Waals surface area contributed by atoms with Crippen molar-refractivity contribution in [2.75, 3.05) is 31.2 Å². The van der Waals surface area contributed by atoms with E-state index in [1.165, 1.54) is 23.2 Å². The van der Waals surface area contributed by atoms with E-state index in [4.69, 9.17) is 4.74 Å². The summed E-state index contributed by atoms with van der Waals surface area (Å²) >= 11 is 0. The van der Waals surface area contributed by atoms with Crippen LogP contribution in [0, 0.1) is 5.82 Å². The maximum atomic E-state index is 14.8. The number of carbonyl (C=O) groups excluding carboxylic acids is 1. The van der Waals surface area contributed by atoms with E-state index in [1.807, 2.05) is 4.90 Å². The van der Waals surface area contributed by atoms with Gasteiger partial charge in [0.2, 0.25) is 5.95 Å². The fourth-order valence-corrected chi connectivity index (χ4v) is 4.25. The highest BCUT2D eigenvalue weighted by atomic mass is 19.4. The molecule has 2 fully saturated rings. The van der Waals surface area contributed by atoms with Gasteiger partial charge in [-0.05, 0) is 42.7 Å². The van der Waals surface area contributed by atoms with Crippen molar-refractivity contribution in [3.05, 3.63) is 77.2 Å². The van der Waals surface area contributed by atoms with Crippen molar-refractivity contribution < 1.29 is 27.1 Å². The molecule has 0 atom stereocenters. The Morgan fingerprint density at radius 2 is 1.83 bits per heavy atom. The molecule has 0 radical (unpaired) electrons. The Bertz CT molecular complexity index is 1260. The van der Waals surface area contributed by atoms with Gasteiger partial charge >= 0.3 is 6.18 Å². The average Bonchev–Trinajstić information content (AvgIpc) is 3.72. The van der Waals surface area contributed by atoms with Crippen molar-refractivity contribution in [3.8, 4) is 11.3 Å². The van der Waals surface area contributed by atoms with Gasteiger partial charge in [-0.2, -0.15) is 13.2 Å². The zero-order chi connectivity index (χ0) is 25.3. The standard InChI is InChI=1S/C26H24F4N4O2/c27-22-7-2-1-6-20(22)23-21(15-31-25(32-23)33-10-12-36-13-11-33)24(35)34(19-8-9-19)16-17-4-3-5-18(14-17)26(28,29)30/h1-7,14-15,19H,8-13,16H2. The molecule has 1 aliphatic carbocycles. The highest BCUT2D eigenvalue weighted by molar-refractivity contribution is 6.00. The molecule has 1 saturated heterocycles. The van der Waals surface area contributed by atoms with E-state index in [2.05, 4.69) is 9.97 Å². The summed E-state index contributed by atoms with van der Waals surface area (Å²) in [4.78, 5) is 26.2. The van der Waals surface area contributed by atoms with Gasteiger partial charge in [0.25, 0.3) is 5.91 Å². The van der Waals surface area contributed by atoms with Crippen LogP contribution in [0.2, 0.25) is 0 Å². The van der Waals surface area contributed by atoms with Gasteiger partial charge < -0.3 is 14.5 Å². The first kappa shape index (κ1) is 24.2. The Kier molecular flexibility index (Phi) is 6.61. The van der Waals surface area contributed by atoms with Crippen molar-refractivity contribution in [3.63, 3.8) is 0 Å². The lowest BCUT2D eigenvalue weighted by Crippen LogP contribution is -2.38. The Morgan fingerprint density at radius 3 is 2.53 bits per heavy atom. The number of amides is 1. The van der Waals surface area contributed by atoms with Crippen LogP contribution in [0.5, 0.6) is 0 Å². The normalized spacial score (nSPS) is 16.2. The molecular weight excluding hydrogens is 476 g/mol. The van der Waals surface area contributed by atoms with Crippen molar-refractivity contribution in [2.45, 2.75) is 31.6 Å². The maximum Gasteiger partial charge on any atom is 0.416 e. The van der Waals surface area contributed by atoms with Crippen LogP contribution in [-0.4, -0.2) is 53.1 Å². The van der Waals surface area contributed by atoms with Crippen molar-refractivity contribution in [1.29, 1.82) is 0 Å². The van der Waals surface area contributed by atoms with Gasteiger partial charge in [0.05, 0.1) is 30.0 Å². The molecule has 2 aliphatic rings. The summed E-state index contributed by atoms with van der Waals surface area (Å²) in [6.07, 6.45) is -1.60. The predicted octanol–water partition coefficient (Wildman–Crippen LogP) is 4.94. The van der Waals surface area contributed by atoms with E-state index in [0.29, 0.717) is 37.8 Å². The molecular formula is C26H24F4N4O2. The number of aromatic nitrogens is 2. The number of carbonyl (C=O) groups is 1. The average molecular weight is 500 g/mol. The van der Waals surface area contributed by atoms with Crippen LogP contribution in [0.15, 0.2) is 54.7 Å². The van der Waals surface area contributed by atoms with E-state index in [-0.39, 0.29) is 29.4 Å². The molecule has 0 unspecified atom stereocenters. The number of morpholine rings is 1. The fraction of sp³-hybridized carbons (Fsp3) is 0.346. The molecule has 188 valence electrons. The van der Waals surface area contributed by atoms with Crippen LogP contribution in [0.1, 0.15) is 34.3 Å². The number of alkyl halides is 3. The molecule has 10 heteroatoms. The lowest BCUT2D eigenvalue weighted by Gasteiger charge is -2.28. The first-order valence-corrected chi connectivity index (χ1v) is 11.7. The molecule has 1 saturated carbocycles. The van der Waals surface area contributed by atoms with Gasteiger partial charge in [0, 0.05) is 37.4 Å². The predicted molar refractivity (Wildman–Crippen MR) is 125 cm³/mol. The number of hydrogen-bond donors (Lipinski definition) is 0. The number of benzene rings is 2. The molecule has 1 aromatic heterocycles. The Morgan fingerprint density at radius 1 is 1.08 bits per heavy atom. The number of anilines is 1. The van der Waals surface area contributed by atoms with Crippen LogP contribution in [0.25, 0.3) is 11.3 Å². The molecule has 0 N–H and O–H groups in total. The third-order valence-electron chi connectivity index (χ3n) is 6.29. The molecule has 36 heavy (non-hydrogen) atoms. The minimum absolute atomic E-state index is 0.00462. The smallest absolute Gasteiger partial charge is 0.378 e. The van der Waals surface area contributed by atoms with Gasteiger partial charge in [0.15, 0.2) is 0 Å². The Hall–Kier alpha value is -3.53. The molecule has 1 amide bonds. The van der Waals surface area contributed by atoms with E-state index in [1.54, 1.807) is 24.3 Å². The van der Waals surface area contributed by atoms with Crippen LogP contribution in [0.3, 0.4) is 0 Å². The minimum atomic E-state index is -4.48. The highest BCUT2D eigenvalue weighted by Crippen LogP contribution is 2.34. The molecule has 1 aliphatic heterocycles. The third kappa shape index (κ3) is 5.18. The van der Waals surface area contributed by atoms with E-state index in [9.17, 15) is 22.4 Å². The van der Waals surface area contributed by atoms with Crippen molar-refractivity contribution in [1.82, 2.24) is 14.9 Å². The van der Waals surface area contributed by atoms with Gasteiger partial charge in [-0.1, -0.05) is 24.3 Å². The van der Waals surface area contributed by atoms with Crippen LogP contribution >= 0.6 is 0 Å². The number of hydrogen-bond acceptors (Lipinski definition) is 5. The minimum Gasteiger partial charge on any atom is -0.378 e. The molecule has 5 rings (SSSR count). The maximum absolute atomic E-state index is 14.8. The summed E-state index contributed by atoms with van der Waals surface area (Å²) in [7, 11) is 0. The summed E-state index contributed by atoms with van der Waals surface area (Å²) in [5.41, 5.74) is 0.0182. The second-order valence-electron chi connectivity index (χ2n) is 8.87.